The number of nitrogens with one attached hydrogen (secondary N) is 1. The molecule has 1 N–H and O–H groups in total. The Hall–Kier alpha value is -4.00. The van der Waals surface area contributed by atoms with E-state index < -0.39 is 21.5 Å². The van der Waals surface area contributed by atoms with Crippen molar-refractivity contribution in [3.63, 3.8) is 0 Å². The van der Waals surface area contributed by atoms with E-state index in [2.05, 4.69) is 5.32 Å². The number of rotatable bonds is 8. The zero-order valence-corrected chi connectivity index (χ0v) is 14.5. The van der Waals surface area contributed by atoms with E-state index in [9.17, 15) is 25.0 Å². The molecule has 27 heavy (non-hydrogen) atoms. The number of hydrogen-bond donors (Lipinski definition) is 1. The summed E-state index contributed by atoms with van der Waals surface area (Å²) in [4.78, 5) is 31.8. The van der Waals surface area contributed by atoms with Crippen LogP contribution in [-0.4, -0.2) is 22.4 Å². The molecule has 1 rings (SSSR count). The molecule has 0 radical (unpaired) electrons. The Morgan fingerprint density at radius 3 is 2.59 bits per heavy atom. The molecule has 0 bridgehead atoms. The smallest absolute Gasteiger partial charge is 0.348 e. The molecule has 0 saturated carbocycles. The lowest BCUT2D eigenvalue weighted by Crippen LogP contribution is -2.05. The summed E-state index contributed by atoms with van der Waals surface area (Å²) in [6.07, 6.45) is 5.73. The average Bonchev–Trinajstić information content (AvgIpc) is 2.63. The maximum Gasteiger partial charge on any atom is 0.348 e. The highest BCUT2D eigenvalue weighted by molar-refractivity contribution is 5.93. The molecule has 1 aromatic rings. The van der Waals surface area contributed by atoms with Crippen LogP contribution >= 0.6 is 0 Å². The number of nitriles is 1. The van der Waals surface area contributed by atoms with Gasteiger partial charge in [0.25, 0.3) is 11.4 Å². The number of carbonyl (C=O) groups is 1. The fourth-order valence-corrected chi connectivity index (χ4v) is 1.80. The van der Waals surface area contributed by atoms with Crippen molar-refractivity contribution in [2.75, 3.05) is 11.9 Å². The lowest BCUT2D eigenvalue weighted by atomic mass is 10.2. The summed E-state index contributed by atoms with van der Waals surface area (Å²) < 4.78 is 4.72. The number of hydrogen-bond acceptors (Lipinski definition) is 8. The molecule has 0 aliphatic carbocycles. The number of anilines is 1. The Morgan fingerprint density at radius 1 is 1.33 bits per heavy atom. The molecule has 0 atom stereocenters. The molecular formula is C17H16N4O6. The van der Waals surface area contributed by atoms with Gasteiger partial charge >= 0.3 is 5.97 Å². The fraction of sp³-hybridized carbons (Fsp3) is 0.176. The summed E-state index contributed by atoms with van der Waals surface area (Å²) in [6.45, 7) is 3.45. The number of nitro groups is 2. The number of esters is 1. The van der Waals surface area contributed by atoms with Crippen LogP contribution < -0.4 is 5.32 Å². The highest BCUT2D eigenvalue weighted by Gasteiger charge is 2.18. The van der Waals surface area contributed by atoms with E-state index in [0.29, 0.717) is 5.57 Å². The monoisotopic (exact) mass is 372 g/mol. The summed E-state index contributed by atoms with van der Waals surface area (Å²) in [6, 6.07) is 4.97. The third-order valence-corrected chi connectivity index (χ3v) is 3.08. The van der Waals surface area contributed by atoms with Gasteiger partial charge in [-0.05, 0) is 31.6 Å². The van der Waals surface area contributed by atoms with Crippen LogP contribution in [0.1, 0.15) is 13.8 Å². The van der Waals surface area contributed by atoms with Crippen molar-refractivity contribution in [2.24, 2.45) is 0 Å². The number of benzene rings is 1. The second kappa shape index (κ2) is 10.1. The molecule has 140 valence electrons. The van der Waals surface area contributed by atoms with Crippen molar-refractivity contribution in [3.8, 4) is 6.07 Å². The molecule has 10 heteroatoms. The zero-order chi connectivity index (χ0) is 20.4. The summed E-state index contributed by atoms with van der Waals surface area (Å²) in [5.74, 6) is -0.731. The quantitative estimate of drug-likeness (QED) is 0.182. The van der Waals surface area contributed by atoms with E-state index in [4.69, 9.17) is 10.00 Å². The second-order valence-corrected chi connectivity index (χ2v) is 5.02. The predicted molar refractivity (Wildman–Crippen MR) is 96.6 cm³/mol. The van der Waals surface area contributed by atoms with E-state index in [1.807, 2.05) is 0 Å². The molecule has 10 nitrogen and oxygen atoms in total. The van der Waals surface area contributed by atoms with Crippen LogP contribution in [0, 0.1) is 31.6 Å². The third kappa shape index (κ3) is 6.43. The minimum absolute atomic E-state index is 0.0816. The van der Waals surface area contributed by atoms with E-state index in [1.165, 1.54) is 24.4 Å². The molecular weight excluding hydrogens is 356 g/mol. The third-order valence-electron chi connectivity index (χ3n) is 3.08. The van der Waals surface area contributed by atoms with Gasteiger partial charge in [-0.25, -0.2) is 4.79 Å². The van der Waals surface area contributed by atoms with Crippen molar-refractivity contribution >= 4 is 23.0 Å². The van der Waals surface area contributed by atoms with Crippen molar-refractivity contribution < 1.29 is 19.4 Å². The summed E-state index contributed by atoms with van der Waals surface area (Å²) in [5.41, 5.74) is -0.301. The van der Waals surface area contributed by atoms with Gasteiger partial charge < -0.3 is 10.1 Å². The highest BCUT2D eigenvalue weighted by atomic mass is 16.6. The largest absolute Gasteiger partial charge is 0.462 e. The second-order valence-electron chi connectivity index (χ2n) is 5.02. The number of nitrogens with zero attached hydrogens (tertiary/aromatic N) is 3. The van der Waals surface area contributed by atoms with Gasteiger partial charge in [-0.3, -0.25) is 20.2 Å². The molecule has 0 unspecified atom stereocenters. The number of carbonyl (C=O) groups excluding carboxylic acids is 1. The van der Waals surface area contributed by atoms with Gasteiger partial charge in [0, 0.05) is 12.3 Å². The first-order chi connectivity index (χ1) is 12.8. The van der Waals surface area contributed by atoms with Gasteiger partial charge in [0.15, 0.2) is 0 Å². The van der Waals surface area contributed by atoms with Gasteiger partial charge in [0.05, 0.1) is 22.5 Å². The minimum Gasteiger partial charge on any atom is -0.462 e. The van der Waals surface area contributed by atoms with Crippen LogP contribution in [0.15, 0.2) is 53.8 Å². The number of non-ortho nitro benzene ring substituents is 1. The number of nitro benzene ring substituents is 2. The van der Waals surface area contributed by atoms with Crippen molar-refractivity contribution in [2.45, 2.75) is 13.8 Å². The molecule has 0 fully saturated rings. The lowest BCUT2D eigenvalue weighted by Gasteiger charge is -2.03. The molecule has 0 aliphatic rings. The Kier molecular flexibility index (Phi) is 7.87. The predicted octanol–water partition coefficient (Wildman–Crippen LogP) is 3.39. The van der Waals surface area contributed by atoms with Crippen molar-refractivity contribution in [1.82, 2.24) is 0 Å². The SMILES string of the molecule is CCOC(=O)\C(C#N)=C/C=C/C(C)=C\Nc1ccc([N+](=O)[O-])cc1[N+](=O)[O-]. The van der Waals surface area contributed by atoms with Gasteiger partial charge in [-0.1, -0.05) is 12.2 Å². The van der Waals surface area contributed by atoms with Crippen LogP contribution in [-0.2, 0) is 9.53 Å². The van der Waals surface area contributed by atoms with Crippen LogP contribution in [0.2, 0.25) is 0 Å². The molecule has 0 aromatic heterocycles. The first kappa shape index (κ1) is 21.0. The number of ether oxygens (including phenoxy) is 1. The van der Waals surface area contributed by atoms with Gasteiger partial charge in [-0.2, -0.15) is 5.26 Å². The zero-order valence-electron chi connectivity index (χ0n) is 14.5. The van der Waals surface area contributed by atoms with E-state index in [1.54, 1.807) is 26.0 Å². The maximum absolute atomic E-state index is 11.5. The maximum atomic E-state index is 11.5. The van der Waals surface area contributed by atoms with Gasteiger partial charge in [-0.15, -0.1) is 0 Å². The average molecular weight is 372 g/mol. The first-order valence-corrected chi connectivity index (χ1v) is 7.61. The van der Waals surface area contributed by atoms with E-state index in [0.717, 1.165) is 12.1 Å². The fourth-order valence-electron chi connectivity index (χ4n) is 1.80. The molecule has 0 saturated heterocycles. The first-order valence-electron chi connectivity index (χ1n) is 7.61. The summed E-state index contributed by atoms with van der Waals surface area (Å²) in [7, 11) is 0. The Balaban J connectivity index is 2.94. The standard InChI is InChI=1S/C17H16N4O6/c1-3-27-17(22)13(10-18)6-4-5-12(2)11-19-15-8-7-14(20(23)24)9-16(15)21(25)26/h4-9,11,19H,3H2,1-2H3/b5-4+,12-11-,13-6-. The minimum atomic E-state index is -0.731. The van der Waals surface area contributed by atoms with E-state index in [-0.39, 0.29) is 23.6 Å². The Morgan fingerprint density at radius 2 is 2.04 bits per heavy atom. The van der Waals surface area contributed by atoms with Crippen LogP contribution in [0.5, 0.6) is 0 Å². The van der Waals surface area contributed by atoms with Gasteiger partial charge in [0.1, 0.15) is 17.3 Å². The molecule has 0 heterocycles. The van der Waals surface area contributed by atoms with Gasteiger partial charge in [0.2, 0.25) is 0 Å². The Labute approximate surface area is 154 Å². The molecule has 1 aromatic carbocycles. The number of allylic oxidation sites excluding steroid dienone is 4. The normalized spacial score (nSPS) is 11.7. The Bertz CT molecular complexity index is 880. The topological polar surface area (TPSA) is 148 Å². The summed E-state index contributed by atoms with van der Waals surface area (Å²) >= 11 is 0. The highest BCUT2D eigenvalue weighted by Crippen LogP contribution is 2.29. The summed E-state index contributed by atoms with van der Waals surface area (Å²) in [5, 5.41) is 33.4. The van der Waals surface area contributed by atoms with Crippen molar-refractivity contribution in [3.05, 3.63) is 74.0 Å². The lowest BCUT2D eigenvalue weighted by molar-refractivity contribution is -0.393. The van der Waals surface area contributed by atoms with Crippen molar-refractivity contribution in [1.29, 1.82) is 5.26 Å². The molecule has 0 spiro atoms. The van der Waals surface area contributed by atoms with Crippen LogP contribution in [0.4, 0.5) is 17.1 Å². The van der Waals surface area contributed by atoms with Crippen LogP contribution in [0.3, 0.4) is 0 Å². The molecule has 0 amide bonds. The van der Waals surface area contributed by atoms with Crippen LogP contribution in [0.25, 0.3) is 0 Å². The molecule has 0 aliphatic heterocycles. The van der Waals surface area contributed by atoms with E-state index >= 15 is 0 Å².